The summed E-state index contributed by atoms with van der Waals surface area (Å²) in [7, 11) is -3.95. The lowest BCUT2D eigenvalue weighted by Crippen LogP contribution is -2.04. The molecule has 0 saturated carbocycles. The maximum absolute atomic E-state index is 12.6. The molecule has 1 amide bonds. The van der Waals surface area contributed by atoms with Crippen LogP contribution in [0.4, 0.5) is 0 Å². The zero-order chi connectivity index (χ0) is 22.2. The molecule has 160 valence electrons. The van der Waals surface area contributed by atoms with Crippen LogP contribution in [0.2, 0.25) is 5.02 Å². The van der Waals surface area contributed by atoms with Gasteiger partial charge in [-0.05, 0) is 42.0 Å². The number of benzene rings is 2. The van der Waals surface area contributed by atoms with Gasteiger partial charge in [-0.2, -0.15) is 8.42 Å². The molecule has 31 heavy (non-hydrogen) atoms. The Bertz CT molecular complexity index is 1280. The van der Waals surface area contributed by atoms with Crippen LogP contribution in [-0.4, -0.2) is 46.2 Å². The number of nitrogens with one attached hydrogen (secondary N) is 1. The molecule has 0 saturated heterocycles. The van der Waals surface area contributed by atoms with E-state index in [9.17, 15) is 18.3 Å². The van der Waals surface area contributed by atoms with E-state index in [1.165, 1.54) is 11.8 Å². The summed E-state index contributed by atoms with van der Waals surface area (Å²) in [5.74, 6) is -0.304. The van der Waals surface area contributed by atoms with Crippen LogP contribution in [0.1, 0.15) is 27.9 Å². The first-order valence-electron chi connectivity index (χ1n) is 9.25. The largest absolute Gasteiger partial charge is 0.494 e. The molecule has 1 aliphatic heterocycles. The van der Waals surface area contributed by atoms with Crippen molar-refractivity contribution in [2.24, 2.45) is 4.99 Å². The van der Waals surface area contributed by atoms with Crippen molar-refractivity contribution >= 4 is 45.1 Å². The first-order valence-corrected chi connectivity index (χ1v) is 12.2. The van der Waals surface area contributed by atoms with Crippen molar-refractivity contribution in [1.82, 2.24) is 4.98 Å². The minimum absolute atomic E-state index is 0.131. The highest BCUT2D eigenvalue weighted by atomic mass is 35.5. The van der Waals surface area contributed by atoms with Gasteiger partial charge in [0.15, 0.2) is 5.88 Å². The van der Waals surface area contributed by atoms with E-state index in [4.69, 9.17) is 16.2 Å². The molecule has 0 fully saturated rings. The first-order chi connectivity index (χ1) is 14.7. The second-order valence-corrected chi connectivity index (χ2v) is 10.1. The standard InChI is InChI=1S/C21H17ClN2O5S2/c22-14-6-2-12(3-7-14)18-16-17(21(26)23-18)19(24-20(16)25)13-4-8-15(9-5-13)30-10-1-11-31(27,28)29/h2-9,24-25H,1,10-11H2,(H,27,28,29). The number of aromatic amines is 1. The smallest absolute Gasteiger partial charge is 0.280 e. The third-order valence-electron chi connectivity index (χ3n) is 4.72. The van der Waals surface area contributed by atoms with Crippen molar-refractivity contribution in [3.63, 3.8) is 0 Å². The number of nitrogens with zero attached hydrogens (tertiary/aromatic N) is 1. The van der Waals surface area contributed by atoms with Gasteiger partial charge in [0.1, 0.15) is 0 Å². The molecule has 3 aromatic rings. The van der Waals surface area contributed by atoms with Crippen LogP contribution in [0.15, 0.2) is 58.4 Å². The number of aliphatic imine (C=N–C) groups is 1. The van der Waals surface area contributed by atoms with Gasteiger partial charge in [-0.15, -0.1) is 11.8 Å². The Kier molecular flexibility index (Phi) is 5.94. The number of fused-ring (bicyclic) bond motifs is 1. The van der Waals surface area contributed by atoms with Crippen LogP contribution < -0.4 is 0 Å². The lowest BCUT2D eigenvalue weighted by molar-refractivity contribution is 0.101. The molecule has 1 aromatic heterocycles. The van der Waals surface area contributed by atoms with Crippen LogP contribution >= 0.6 is 23.4 Å². The van der Waals surface area contributed by atoms with Gasteiger partial charge in [0.25, 0.3) is 16.0 Å². The number of amides is 1. The maximum atomic E-state index is 12.6. The van der Waals surface area contributed by atoms with Crippen LogP contribution in [0.5, 0.6) is 5.88 Å². The van der Waals surface area contributed by atoms with Crippen molar-refractivity contribution in [2.75, 3.05) is 11.5 Å². The SMILES string of the molecule is O=C1N=C(c2ccc(Cl)cc2)c2c(O)[nH]c(-c3ccc(SCCCS(=O)(=O)O)cc3)c21. The minimum atomic E-state index is -3.95. The Labute approximate surface area is 187 Å². The Morgan fingerprint density at radius 1 is 1.00 bits per heavy atom. The number of thioether (sulfide) groups is 1. The number of aromatic nitrogens is 1. The molecule has 2 aromatic carbocycles. The van der Waals surface area contributed by atoms with E-state index in [1.54, 1.807) is 24.3 Å². The second kappa shape index (κ2) is 8.51. The summed E-state index contributed by atoms with van der Waals surface area (Å²) in [6.45, 7) is 0. The molecule has 2 heterocycles. The third-order valence-corrected chi connectivity index (χ3v) is 6.88. The van der Waals surface area contributed by atoms with Gasteiger partial charge in [-0.25, -0.2) is 4.99 Å². The van der Waals surface area contributed by atoms with Crippen LogP contribution in [0.3, 0.4) is 0 Å². The molecule has 0 unspecified atom stereocenters. The summed E-state index contributed by atoms with van der Waals surface area (Å²) in [5.41, 5.74) is 2.94. The Balaban J connectivity index is 1.56. The zero-order valence-electron chi connectivity index (χ0n) is 16.0. The van der Waals surface area contributed by atoms with Crippen LogP contribution in [0, 0.1) is 0 Å². The van der Waals surface area contributed by atoms with Gasteiger partial charge in [-0.1, -0.05) is 35.9 Å². The molecule has 1 aliphatic rings. The number of carbonyl (C=O) groups excluding carboxylic acids is 1. The number of H-pyrrole nitrogens is 1. The van der Waals surface area contributed by atoms with E-state index >= 15 is 0 Å². The first kappa shape index (κ1) is 21.6. The molecule has 4 rings (SSSR count). The van der Waals surface area contributed by atoms with Crippen LogP contribution in [0.25, 0.3) is 11.3 Å². The molecular weight excluding hydrogens is 460 g/mol. The molecule has 0 radical (unpaired) electrons. The number of hydrogen-bond acceptors (Lipinski definition) is 5. The Morgan fingerprint density at radius 2 is 1.65 bits per heavy atom. The fourth-order valence-corrected chi connectivity index (χ4v) is 5.00. The lowest BCUT2D eigenvalue weighted by atomic mass is 10.0. The Morgan fingerprint density at radius 3 is 2.29 bits per heavy atom. The predicted octanol–water partition coefficient (Wildman–Crippen LogP) is 4.40. The predicted molar refractivity (Wildman–Crippen MR) is 121 cm³/mol. The van der Waals surface area contributed by atoms with E-state index < -0.39 is 16.0 Å². The molecular formula is C21H17ClN2O5S2. The number of carbonyl (C=O) groups is 1. The molecule has 7 nitrogen and oxygen atoms in total. The van der Waals surface area contributed by atoms with E-state index in [2.05, 4.69) is 9.98 Å². The van der Waals surface area contributed by atoms with E-state index in [0.717, 1.165) is 4.90 Å². The van der Waals surface area contributed by atoms with Gasteiger partial charge in [-0.3, -0.25) is 9.35 Å². The zero-order valence-corrected chi connectivity index (χ0v) is 18.4. The van der Waals surface area contributed by atoms with Gasteiger partial charge in [0, 0.05) is 15.5 Å². The summed E-state index contributed by atoms with van der Waals surface area (Å²) in [5, 5.41) is 11.1. The summed E-state index contributed by atoms with van der Waals surface area (Å²) in [6.07, 6.45) is 0.336. The Hall–Kier alpha value is -2.59. The number of hydrogen-bond donors (Lipinski definition) is 3. The number of aromatic hydroxyl groups is 1. The quantitative estimate of drug-likeness (QED) is 0.264. The molecule has 10 heteroatoms. The minimum Gasteiger partial charge on any atom is -0.494 e. The second-order valence-electron chi connectivity index (χ2n) is 6.88. The molecule has 3 N–H and O–H groups in total. The highest BCUT2D eigenvalue weighted by Gasteiger charge is 2.33. The summed E-state index contributed by atoms with van der Waals surface area (Å²) in [4.78, 5) is 20.6. The monoisotopic (exact) mass is 476 g/mol. The summed E-state index contributed by atoms with van der Waals surface area (Å²) >= 11 is 7.39. The molecule has 0 aliphatic carbocycles. The van der Waals surface area contributed by atoms with Gasteiger partial charge in [0.2, 0.25) is 0 Å². The molecule has 0 spiro atoms. The van der Waals surface area contributed by atoms with E-state index in [1.807, 2.05) is 24.3 Å². The summed E-state index contributed by atoms with van der Waals surface area (Å²) in [6, 6.07) is 14.2. The van der Waals surface area contributed by atoms with Crippen LogP contribution in [-0.2, 0) is 10.1 Å². The van der Waals surface area contributed by atoms with Crippen molar-refractivity contribution in [3.05, 3.63) is 70.2 Å². The summed E-state index contributed by atoms with van der Waals surface area (Å²) < 4.78 is 30.3. The van der Waals surface area contributed by atoms with Gasteiger partial charge in [0.05, 0.1) is 28.3 Å². The third kappa shape index (κ3) is 4.69. The topological polar surface area (TPSA) is 120 Å². The fraction of sp³-hybridized carbons (Fsp3) is 0.143. The number of halogens is 1. The fourth-order valence-electron chi connectivity index (χ4n) is 3.33. The average Bonchev–Trinajstić information content (AvgIpc) is 3.24. The van der Waals surface area contributed by atoms with E-state index in [0.29, 0.717) is 50.9 Å². The van der Waals surface area contributed by atoms with Gasteiger partial charge < -0.3 is 10.1 Å². The van der Waals surface area contributed by atoms with E-state index in [-0.39, 0.29) is 11.6 Å². The highest BCUT2D eigenvalue weighted by Crippen LogP contribution is 2.38. The normalized spacial score (nSPS) is 13.4. The maximum Gasteiger partial charge on any atom is 0.280 e. The van der Waals surface area contributed by atoms with Crippen molar-refractivity contribution in [3.8, 4) is 17.1 Å². The van der Waals surface area contributed by atoms with Crippen molar-refractivity contribution in [1.29, 1.82) is 0 Å². The lowest BCUT2D eigenvalue weighted by Gasteiger charge is -2.04. The van der Waals surface area contributed by atoms with Crippen molar-refractivity contribution < 1.29 is 22.9 Å². The molecule has 0 bridgehead atoms. The van der Waals surface area contributed by atoms with Crippen molar-refractivity contribution in [2.45, 2.75) is 11.3 Å². The average molecular weight is 477 g/mol. The van der Waals surface area contributed by atoms with Gasteiger partial charge >= 0.3 is 0 Å². The number of rotatable bonds is 7. The highest BCUT2D eigenvalue weighted by molar-refractivity contribution is 7.99. The molecule has 0 atom stereocenters.